The number of likely N-dealkylation sites (N-methyl/N-ethyl adjacent to an activating group) is 1. The fraction of sp³-hybridized carbons (Fsp3) is 1.00. The van der Waals surface area contributed by atoms with E-state index in [1.165, 1.54) is 12.8 Å². The molecule has 1 unspecified atom stereocenters. The van der Waals surface area contributed by atoms with Crippen LogP contribution < -0.4 is 5.32 Å². The highest BCUT2D eigenvalue weighted by Gasteiger charge is 2.30. The van der Waals surface area contributed by atoms with Crippen LogP contribution in [-0.4, -0.2) is 57.5 Å². The maximum Gasteiger partial charge on any atom is 0.151 e. The molecule has 1 atom stereocenters. The van der Waals surface area contributed by atoms with Crippen LogP contribution in [0.3, 0.4) is 0 Å². The Morgan fingerprint density at radius 2 is 2.12 bits per heavy atom. The molecule has 0 bridgehead atoms. The van der Waals surface area contributed by atoms with Gasteiger partial charge in [-0.1, -0.05) is 13.3 Å². The average Bonchev–Trinajstić information content (AvgIpc) is 2.58. The van der Waals surface area contributed by atoms with E-state index in [0.29, 0.717) is 11.5 Å². The molecule has 1 aliphatic rings. The van der Waals surface area contributed by atoms with E-state index in [2.05, 4.69) is 17.1 Å². The van der Waals surface area contributed by atoms with Gasteiger partial charge in [0.25, 0.3) is 0 Å². The van der Waals surface area contributed by atoms with Gasteiger partial charge in [0.2, 0.25) is 0 Å². The van der Waals surface area contributed by atoms with Crippen LogP contribution in [-0.2, 0) is 9.84 Å². The van der Waals surface area contributed by atoms with Crippen molar-refractivity contribution in [1.29, 1.82) is 0 Å². The number of nitrogens with zero attached hydrogens (tertiary/aromatic N) is 1. The third kappa shape index (κ3) is 4.80. The molecule has 0 spiro atoms. The summed E-state index contributed by atoms with van der Waals surface area (Å²) in [5, 5.41) is 3.37. The van der Waals surface area contributed by atoms with E-state index < -0.39 is 9.84 Å². The summed E-state index contributed by atoms with van der Waals surface area (Å²) in [6.45, 7) is 5.13. The molecular formula is C11H24N2O2S. The van der Waals surface area contributed by atoms with Gasteiger partial charge in [-0.3, -0.25) is 0 Å². The third-order valence-corrected chi connectivity index (χ3v) is 4.93. The van der Waals surface area contributed by atoms with E-state index in [1.54, 1.807) is 0 Å². The average molecular weight is 248 g/mol. The first-order valence-corrected chi connectivity index (χ1v) is 7.98. The highest BCUT2D eigenvalue weighted by Crippen LogP contribution is 2.15. The summed E-state index contributed by atoms with van der Waals surface area (Å²) in [6, 6.07) is 0.234. The van der Waals surface area contributed by atoms with Crippen molar-refractivity contribution in [2.24, 2.45) is 0 Å². The molecule has 0 aromatic heterocycles. The molecule has 1 rings (SSSR count). The highest BCUT2D eigenvalue weighted by molar-refractivity contribution is 7.91. The molecule has 0 aromatic carbocycles. The van der Waals surface area contributed by atoms with Crippen molar-refractivity contribution in [3.05, 3.63) is 0 Å². The van der Waals surface area contributed by atoms with Crippen LogP contribution in [0.1, 0.15) is 26.2 Å². The molecule has 1 heterocycles. The van der Waals surface area contributed by atoms with E-state index in [9.17, 15) is 8.42 Å². The molecule has 16 heavy (non-hydrogen) atoms. The van der Waals surface area contributed by atoms with Crippen LogP contribution in [0.4, 0.5) is 0 Å². The Balaban J connectivity index is 2.14. The van der Waals surface area contributed by atoms with Crippen molar-refractivity contribution < 1.29 is 8.42 Å². The fourth-order valence-corrected chi connectivity index (χ4v) is 3.79. The molecule has 1 fully saturated rings. The summed E-state index contributed by atoms with van der Waals surface area (Å²) in [5.74, 6) is 0.712. The van der Waals surface area contributed by atoms with E-state index in [4.69, 9.17) is 0 Å². The smallest absolute Gasteiger partial charge is 0.151 e. The number of nitrogens with one attached hydrogen (secondary N) is 1. The van der Waals surface area contributed by atoms with Gasteiger partial charge in [0.15, 0.2) is 9.84 Å². The topological polar surface area (TPSA) is 49.4 Å². The third-order valence-electron chi connectivity index (χ3n) is 3.18. The van der Waals surface area contributed by atoms with Gasteiger partial charge >= 0.3 is 0 Å². The predicted molar refractivity (Wildman–Crippen MR) is 67.5 cm³/mol. The van der Waals surface area contributed by atoms with E-state index in [1.807, 2.05) is 7.05 Å². The number of unbranched alkanes of at least 4 members (excludes halogenated alkanes) is 1. The molecule has 0 amide bonds. The molecule has 1 aliphatic heterocycles. The molecular weight excluding hydrogens is 224 g/mol. The second-order valence-corrected chi connectivity index (χ2v) is 6.87. The van der Waals surface area contributed by atoms with E-state index in [-0.39, 0.29) is 6.04 Å². The maximum absolute atomic E-state index is 11.3. The Bertz CT molecular complexity index is 290. The Hall–Kier alpha value is -0.130. The van der Waals surface area contributed by atoms with Crippen LogP contribution >= 0.6 is 0 Å². The van der Waals surface area contributed by atoms with Gasteiger partial charge in [-0.25, -0.2) is 8.42 Å². The Labute approximate surface area is 99.3 Å². The van der Waals surface area contributed by atoms with Crippen molar-refractivity contribution in [2.75, 3.05) is 38.2 Å². The Morgan fingerprint density at radius 1 is 1.38 bits per heavy atom. The lowest BCUT2D eigenvalue weighted by molar-refractivity contribution is 0.262. The van der Waals surface area contributed by atoms with Gasteiger partial charge in [0, 0.05) is 19.1 Å². The quantitative estimate of drug-likeness (QED) is 0.666. The lowest BCUT2D eigenvalue weighted by Crippen LogP contribution is -2.37. The summed E-state index contributed by atoms with van der Waals surface area (Å²) >= 11 is 0. The van der Waals surface area contributed by atoms with E-state index >= 15 is 0 Å². The minimum atomic E-state index is -2.74. The fourth-order valence-electron chi connectivity index (χ4n) is 1.99. The van der Waals surface area contributed by atoms with Crippen molar-refractivity contribution in [2.45, 2.75) is 32.2 Å². The molecule has 0 radical (unpaired) electrons. The first-order valence-electron chi connectivity index (χ1n) is 6.16. The number of hydrogen-bond donors (Lipinski definition) is 1. The zero-order valence-corrected chi connectivity index (χ0v) is 11.2. The SMILES string of the molecule is CCCCNCCN(C)C1CCS(=O)(=O)C1. The Kier molecular flexibility index (Phi) is 5.72. The van der Waals surface area contributed by atoms with Crippen molar-refractivity contribution >= 4 is 9.84 Å². The summed E-state index contributed by atoms with van der Waals surface area (Å²) < 4.78 is 22.6. The van der Waals surface area contributed by atoms with Crippen LogP contribution in [0.15, 0.2) is 0 Å². The van der Waals surface area contributed by atoms with Crippen LogP contribution in [0.25, 0.3) is 0 Å². The first-order chi connectivity index (χ1) is 7.55. The standard InChI is InChI=1S/C11H24N2O2S/c1-3-4-6-12-7-8-13(2)11-5-9-16(14,15)10-11/h11-12H,3-10H2,1-2H3. The van der Waals surface area contributed by atoms with Crippen molar-refractivity contribution in [3.8, 4) is 0 Å². The van der Waals surface area contributed by atoms with Gasteiger partial charge in [-0.2, -0.15) is 0 Å². The number of hydrogen-bond acceptors (Lipinski definition) is 4. The minimum Gasteiger partial charge on any atom is -0.315 e. The van der Waals surface area contributed by atoms with Gasteiger partial charge < -0.3 is 10.2 Å². The highest BCUT2D eigenvalue weighted by atomic mass is 32.2. The zero-order valence-electron chi connectivity index (χ0n) is 10.4. The molecule has 1 N–H and O–H groups in total. The van der Waals surface area contributed by atoms with Crippen LogP contribution in [0, 0.1) is 0 Å². The van der Waals surface area contributed by atoms with Crippen LogP contribution in [0.2, 0.25) is 0 Å². The monoisotopic (exact) mass is 248 g/mol. The largest absolute Gasteiger partial charge is 0.315 e. The first kappa shape index (κ1) is 13.9. The minimum absolute atomic E-state index is 0.234. The molecule has 0 aliphatic carbocycles. The Morgan fingerprint density at radius 3 is 2.69 bits per heavy atom. The molecule has 1 saturated heterocycles. The normalized spacial score (nSPS) is 24.1. The summed E-state index contributed by atoms with van der Waals surface area (Å²) in [4.78, 5) is 2.17. The van der Waals surface area contributed by atoms with Gasteiger partial charge in [-0.15, -0.1) is 0 Å². The molecule has 4 nitrogen and oxygen atoms in total. The van der Waals surface area contributed by atoms with Gasteiger partial charge in [-0.05, 0) is 26.4 Å². The van der Waals surface area contributed by atoms with Crippen LogP contribution in [0.5, 0.6) is 0 Å². The summed E-state index contributed by atoms with van der Waals surface area (Å²) in [5.41, 5.74) is 0. The molecule has 5 heteroatoms. The number of rotatable bonds is 7. The number of sulfone groups is 1. The molecule has 0 saturated carbocycles. The second kappa shape index (κ2) is 6.57. The van der Waals surface area contributed by atoms with Crippen molar-refractivity contribution in [3.63, 3.8) is 0 Å². The lowest BCUT2D eigenvalue weighted by Gasteiger charge is -2.22. The molecule has 0 aromatic rings. The van der Waals surface area contributed by atoms with E-state index in [0.717, 1.165) is 26.1 Å². The van der Waals surface area contributed by atoms with Crippen molar-refractivity contribution in [1.82, 2.24) is 10.2 Å². The second-order valence-electron chi connectivity index (χ2n) is 4.64. The maximum atomic E-state index is 11.3. The lowest BCUT2D eigenvalue weighted by atomic mass is 10.2. The summed E-state index contributed by atoms with van der Waals surface area (Å²) in [6.07, 6.45) is 3.22. The molecule has 96 valence electrons. The van der Waals surface area contributed by atoms with Gasteiger partial charge in [0.1, 0.15) is 0 Å². The van der Waals surface area contributed by atoms with Gasteiger partial charge in [0.05, 0.1) is 11.5 Å². The summed E-state index contributed by atoms with van der Waals surface area (Å²) in [7, 11) is -0.721. The predicted octanol–water partition coefficient (Wildman–Crippen LogP) is 0.495. The zero-order chi connectivity index (χ0) is 12.0.